The number of carboxylic acids is 1. The zero-order valence-corrected chi connectivity index (χ0v) is 11.0. The highest BCUT2D eigenvalue weighted by Crippen LogP contribution is 2.20. The Balaban J connectivity index is 1.84. The Kier molecular flexibility index (Phi) is 2.89. The van der Waals surface area contributed by atoms with Crippen LogP contribution in [0.1, 0.15) is 16.8 Å². The predicted octanol–water partition coefficient (Wildman–Crippen LogP) is 0.515. The highest BCUT2D eigenvalue weighted by Gasteiger charge is 2.31. The standard InChI is InChI=1S/C13H14N4O3/c1-16-11-3-2-8(6-10(11)14-15-16)12(18)17-5-4-9(7-17)13(19)20/h2-3,6,9H,4-5,7H2,1H3,(H,19,20)/t9-/m1/s1. The van der Waals surface area contributed by atoms with Gasteiger partial charge in [-0.15, -0.1) is 5.10 Å². The SMILES string of the molecule is Cn1nnc2cc(C(=O)N3CC[C@@H](C(=O)O)C3)ccc21. The molecule has 0 bridgehead atoms. The van der Waals surface area contributed by atoms with Crippen LogP contribution in [0.15, 0.2) is 18.2 Å². The number of rotatable bonds is 2. The maximum absolute atomic E-state index is 12.3. The molecule has 1 aliphatic rings. The Bertz CT molecular complexity index is 694. The van der Waals surface area contributed by atoms with Crippen molar-refractivity contribution in [2.45, 2.75) is 6.42 Å². The number of nitrogens with zero attached hydrogens (tertiary/aromatic N) is 4. The lowest BCUT2D eigenvalue weighted by molar-refractivity contribution is -0.141. The number of aryl methyl sites for hydroxylation is 1. The normalized spacial score (nSPS) is 18.6. The lowest BCUT2D eigenvalue weighted by atomic mass is 10.1. The summed E-state index contributed by atoms with van der Waals surface area (Å²) in [6.07, 6.45) is 0.508. The Morgan fingerprint density at radius 2 is 2.20 bits per heavy atom. The Morgan fingerprint density at radius 1 is 1.40 bits per heavy atom. The molecule has 1 aromatic carbocycles. The summed E-state index contributed by atoms with van der Waals surface area (Å²) in [7, 11) is 1.79. The maximum atomic E-state index is 12.3. The molecule has 1 aliphatic heterocycles. The molecule has 104 valence electrons. The number of aromatic nitrogens is 3. The van der Waals surface area contributed by atoms with E-state index in [2.05, 4.69) is 10.3 Å². The minimum Gasteiger partial charge on any atom is -0.481 e. The molecular weight excluding hydrogens is 260 g/mol. The lowest BCUT2D eigenvalue weighted by Crippen LogP contribution is -2.29. The van der Waals surface area contributed by atoms with Gasteiger partial charge in [0.1, 0.15) is 5.52 Å². The van der Waals surface area contributed by atoms with Crippen molar-refractivity contribution in [3.05, 3.63) is 23.8 Å². The Labute approximate surface area is 114 Å². The smallest absolute Gasteiger partial charge is 0.308 e. The van der Waals surface area contributed by atoms with Crippen molar-refractivity contribution >= 4 is 22.9 Å². The van der Waals surface area contributed by atoms with Gasteiger partial charge in [0.15, 0.2) is 0 Å². The molecule has 1 aromatic heterocycles. The third-order valence-electron chi connectivity index (χ3n) is 3.68. The second kappa shape index (κ2) is 4.59. The summed E-state index contributed by atoms with van der Waals surface area (Å²) < 4.78 is 1.64. The molecule has 1 N–H and O–H groups in total. The van der Waals surface area contributed by atoms with Gasteiger partial charge in [-0.3, -0.25) is 9.59 Å². The molecule has 1 saturated heterocycles. The van der Waals surface area contributed by atoms with Crippen LogP contribution < -0.4 is 0 Å². The van der Waals surface area contributed by atoms with Crippen LogP contribution in [0.4, 0.5) is 0 Å². The molecule has 1 amide bonds. The van der Waals surface area contributed by atoms with Gasteiger partial charge < -0.3 is 10.0 Å². The van der Waals surface area contributed by atoms with Crippen molar-refractivity contribution in [1.29, 1.82) is 0 Å². The van der Waals surface area contributed by atoms with E-state index in [1.165, 1.54) is 0 Å². The van der Waals surface area contributed by atoms with Crippen molar-refractivity contribution in [1.82, 2.24) is 19.9 Å². The summed E-state index contributed by atoms with van der Waals surface area (Å²) >= 11 is 0. The van der Waals surface area contributed by atoms with Gasteiger partial charge in [-0.2, -0.15) is 0 Å². The molecule has 0 saturated carbocycles. The molecule has 1 atom stereocenters. The zero-order chi connectivity index (χ0) is 14.3. The summed E-state index contributed by atoms with van der Waals surface area (Å²) in [5.74, 6) is -1.45. The van der Waals surface area contributed by atoms with Crippen LogP contribution in [-0.4, -0.2) is 50.0 Å². The van der Waals surface area contributed by atoms with Gasteiger partial charge in [0.2, 0.25) is 0 Å². The number of aliphatic carboxylic acids is 1. The summed E-state index contributed by atoms with van der Waals surface area (Å²) in [6, 6.07) is 5.22. The van der Waals surface area contributed by atoms with Crippen LogP contribution >= 0.6 is 0 Å². The number of hydrogen-bond acceptors (Lipinski definition) is 4. The first-order valence-electron chi connectivity index (χ1n) is 6.38. The van der Waals surface area contributed by atoms with Gasteiger partial charge in [0.05, 0.1) is 11.4 Å². The average molecular weight is 274 g/mol. The van der Waals surface area contributed by atoms with Gasteiger partial charge in [0.25, 0.3) is 5.91 Å². The number of hydrogen-bond donors (Lipinski definition) is 1. The molecule has 7 heteroatoms. The Hall–Kier alpha value is -2.44. The van der Waals surface area contributed by atoms with E-state index in [0.29, 0.717) is 24.0 Å². The van der Waals surface area contributed by atoms with E-state index >= 15 is 0 Å². The number of carbonyl (C=O) groups is 2. The Morgan fingerprint density at radius 3 is 2.90 bits per heavy atom. The summed E-state index contributed by atoms with van der Waals surface area (Å²) in [4.78, 5) is 24.8. The zero-order valence-electron chi connectivity index (χ0n) is 11.0. The largest absolute Gasteiger partial charge is 0.481 e. The van der Waals surface area contributed by atoms with Crippen LogP contribution in [0.25, 0.3) is 11.0 Å². The summed E-state index contributed by atoms with van der Waals surface area (Å²) in [5, 5.41) is 16.8. The van der Waals surface area contributed by atoms with E-state index in [4.69, 9.17) is 5.11 Å². The fourth-order valence-electron chi connectivity index (χ4n) is 2.50. The van der Waals surface area contributed by atoms with Crippen molar-refractivity contribution in [2.24, 2.45) is 13.0 Å². The molecule has 1 fully saturated rings. The van der Waals surface area contributed by atoms with Gasteiger partial charge >= 0.3 is 5.97 Å². The number of amides is 1. The molecule has 0 aliphatic carbocycles. The van der Waals surface area contributed by atoms with E-state index < -0.39 is 11.9 Å². The second-order valence-corrected chi connectivity index (χ2v) is 4.99. The third kappa shape index (κ3) is 2.01. The number of likely N-dealkylation sites (tertiary alicyclic amines) is 1. The van der Waals surface area contributed by atoms with Crippen LogP contribution in [0, 0.1) is 5.92 Å². The molecule has 2 aromatic rings. The van der Waals surface area contributed by atoms with Gasteiger partial charge in [0, 0.05) is 25.7 Å². The van der Waals surface area contributed by atoms with E-state index in [1.807, 2.05) is 0 Å². The number of fused-ring (bicyclic) bond motifs is 1. The first-order valence-corrected chi connectivity index (χ1v) is 6.38. The maximum Gasteiger partial charge on any atom is 0.308 e. The first kappa shape index (κ1) is 12.6. The molecule has 7 nitrogen and oxygen atoms in total. The molecule has 2 heterocycles. The molecule has 20 heavy (non-hydrogen) atoms. The minimum absolute atomic E-state index is 0.152. The first-order chi connectivity index (χ1) is 9.56. The fraction of sp³-hybridized carbons (Fsp3) is 0.385. The van der Waals surface area contributed by atoms with Gasteiger partial charge in [-0.25, -0.2) is 4.68 Å². The van der Waals surface area contributed by atoms with E-state index in [0.717, 1.165) is 5.52 Å². The number of carbonyl (C=O) groups excluding carboxylic acids is 1. The quantitative estimate of drug-likeness (QED) is 0.862. The predicted molar refractivity (Wildman–Crippen MR) is 70.2 cm³/mol. The van der Waals surface area contributed by atoms with Crippen LogP contribution in [-0.2, 0) is 11.8 Å². The van der Waals surface area contributed by atoms with Crippen LogP contribution in [0.5, 0.6) is 0 Å². The molecular formula is C13H14N4O3. The summed E-state index contributed by atoms with van der Waals surface area (Å²) in [5.41, 5.74) is 2.03. The van der Waals surface area contributed by atoms with Crippen LogP contribution in [0.2, 0.25) is 0 Å². The third-order valence-corrected chi connectivity index (χ3v) is 3.68. The van der Waals surface area contributed by atoms with E-state index in [-0.39, 0.29) is 12.5 Å². The van der Waals surface area contributed by atoms with Gasteiger partial charge in [-0.05, 0) is 24.6 Å². The van der Waals surface area contributed by atoms with Crippen LogP contribution in [0.3, 0.4) is 0 Å². The fourth-order valence-corrected chi connectivity index (χ4v) is 2.50. The van der Waals surface area contributed by atoms with Crippen molar-refractivity contribution in [3.8, 4) is 0 Å². The molecule has 3 rings (SSSR count). The van der Waals surface area contributed by atoms with Crippen molar-refractivity contribution in [3.63, 3.8) is 0 Å². The highest BCUT2D eigenvalue weighted by molar-refractivity contribution is 5.97. The van der Waals surface area contributed by atoms with Crippen molar-refractivity contribution in [2.75, 3.05) is 13.1 Å². The van der Waals surface area contributed by atoms with Crippen molar-refractivity contribution < 1.29 is 14.7 Å². The average Bonchev–Trinajstić information content (AvgIpc) is 3.05. The highest BCUT2D eigenvalue weighted by atomic mass is 16.4. The number of carboxylic acid groups (broad SMARTS) is 1. The number of benzene rings is 1. The van der Waals surface area contributed by atoms with E-state index in [9.17, 15) is 9.59 Å². The molecule has 0 unspecified atom stereocenters. The minimum atomic E-state index is -0.843. The lowest BCUT2D eigenvalue weighted by Gasteiger charge is -2.15. The summed E-state index contributed by atoms with van der Waals surface area (Å²) in [6.45, 7) is 0.751. The second-order valence-electron chi connectivity index (χ2n) is 4.99. The van der Waals surface area contributed by atoms with Gasteiger partial charge in [-0.1, -0.05) is 5.21 Å². The molecule has 0 spiro atoms. The monoisotopic (exact) mass is 274 g/mol. The van der Waals surface area contributed by atoms with E-state index in [1.54, 1.807) is 34.8 Å². The topological polar surface area (TPSA) is 88.3 Å². The molecule has 0 radical (unpaired) electrons.